The minimum absolute atomic E-state index is 0.405. The summed E-state index contributed by atoms with van der Waals surface area (Å²) in [6.45, 7) is 0. The van der Waals surface area contributed by atoms with E-state index in [4.69, 9.17) is 9.47 Å². The van der Waals surface area contributed by atoms with Crippen LogP contribution in [0.5, 0.6) is 11.5 Å². The lowest BCUT2D eigenvalue weighted by molar-refractivity contribution is -0.128. The molecule has 0 aliphatic carbocycles. The molecule has 142 valence electrons. The molecular weight excluding hydrogens is 366 g/mol. The summed E-state index contributed by atoms with van der Waals surface area (Å²) in [6.07, 6.45) is 0. The zero-order valence-electron chi connectivity index (χ0n) is 15.9. The van der Waals surface area contributed by atoms with E-state index in [1.54, 1.807) is 12.1 Å². The van der Waals surface area contributed by atoms with Crippen LogP contribution in [0, 0.1) is 0 Å². The zero-order chi connectivity index (χ0) is 20.1. The van der Waals surface area contributed by atoms with Gasteiger partial charge >= 0.3 is 11.9 Å². The Morgan fingerprint density at radius 2 is 1.14 bits per heavy atom. The molecule has 3 aromatic rings. The van der Waals surface area contributed by atoms with Crippen LogP contribution in [0.2, 0.25) is 0 Å². The lowest BCUT2D eigenvalue weighted by atomic mass is 10.0. The standard InChI is InChI=1S/C24H17NO4/c1-25(2)16-10-8-15(9-11-16)22-18-13-19-17(12-20(18)29-24(22)27)21(23(26)28-19)14-6-4-3-5-7-14/h3-13H,1-2H3. The van der Waals surface area contributed by atoms with E-state index >= 15 is 0 Å². The van der Waals surface area contributed by atoms with Crippen molar-refractivity contribution in [3.05, 3.63) is 88.3 Å². The second kappa shape index (κ2) is 6.34. The van der Waals surface area contributed by atoms with E-state index in [-0.39, 0.29) is 0 Å². The van der Waals surface area contributed by atoms with Crippen LogP contribution >= 0.6 is 0 Å². The number of hydrogen-bond donors (Lipinski definition) is 0. The van der Waals surface area contributed by atoms with Crippen molar-refractivity contribution in [2.24, 2.45) is 0 Å². The number of carbonyl (C=O) groups is 2. The summed E-state index contributed by atoms with van der Waals surface area (Å²) in [5, 5.41) is 1.27. The number of benzene rings is 3. The van der Waals surface area contributed by atoms with Crippen LogP contribution in [0.4, 0.5) is 5.69 Å². The van der Waals surface area contributed by atoms with Gasteiger partial charge in [0, 0.05) is 30.2 Å². The van der Waals surface area contributed by atoms with Crippen molar-refractivity contribution in [2.45, 2.75) is 0 Å². The maximum Gasteiger partial charge on any atom is 0.344 e. The monoisotopic (exact) mass is 383 g/mol. The van der Waals surface area contributed by atoms with Gasteiger partial charge in [0.05, 0.1) is 11.1 Å². The fourth-order valence-corrected chi connectivity index (χ4v) is 3.72. The van der Waals surface area contributed by atoms with Crippen LogP contribution < -0.4 is 24.8 Å². The maximum atomic E-state index is 12.6. The minimum Gasteiger partial charge on any atom is -0.422 e. The quantitative estimate of drug-likeness (QED) is 0.512. The van der Waals surface area contributed by atoms with Crippen molar-refractivity contribution < 1.29 is 19.1 Å². The summed E-state index contributed by atoms with van der Waals surface area (Å²) in [6, 6.07) is 20.4. The molecule has 2 aliphatic rings. The highest BCUT2D eigenvalue weighted by Gasteiger charge is 2.30. The van der Waals surface area contributed by atoms with Gasteiger partial charge in [-0.2, -0.15) is 0 Å². The van der Waals surface area contributed by atoms with Gasteiger partial charge in [0.15, 0.2) is 0 Å². The van der Waals surface area contributed by atoms with Crippen LogP contribution in [-0.2, 0) is 9.59 Å². The third-order valence-corrected chi connectivity index (χ3v) is 5.17. The Hall–Kier alpha value is -3.86. The van der Waals surface area contributed by atoms with E-state index in [1.807, 2.05) is 73.6 Å². The van der Waals surface area contributed by atoms with Crippen LogP contribution in [-0.4, -0.2) is 26.0 Å². The van der Waals surface area contributed by atoms with E-state index in [9.17, 15) is 9.59 Å². The van der Waals surface area contributed by atoms with Crippen molar-refractivity contribution in [1.29, 1.82) is 0 Å². The predicted molar refractivity (Wildman–Crippen MR) is 109 cm³/mol. The van der Waals surface area contributed by atoms with Crippen molar-refractivity contribution >= 4 is 28.8 Å². The highest BCUT2D eigenvalue weighted by molar-refractivity contribution is 6.21. The second-order valence-electron chi connectivity index (χ2n) is 7.18. The first kappa shape index (κ1) is 17.3. The summed E-state index contributed by atoms with van der Waals surface area (Å²) in [4.78, 5) is 27.1. The maximum absolute atomic E-state index is 12.6. The fraction of sp³-hybridized carbons (Fsp3) is 0.0833. The average Bonchev–Trinajstić information content (AvgIpc) is 3.21. The van der Waals surface area contributed by atoms with Gasteiger partial charge in [-0.25, -0.2) is 9.59 Å². The lowest BCUT2D eigenvalue weighted by Crippen LogP contribution is -2.11. The highest BCUT2D eigenvalue weighted by atomic mass is 16.5. The molecule has 2 aliphatic heterocycles. The van der Waals surface area contributed by atoms with Crippen LogP contribution in [0.15, 0.2) is 66.7 Å². The van der Waals surface area contributed by atoms with E-state index < -0.39 is 11.9 Å². The molecule has 0 fully saturated rings. The highest BCUT2D eigenvalue weighted by Crippen LogP contribution is 2.27. The Balaban J connectivity index is 1.72. The third kappa shape index (κ3) is 2.70. The SMILES string of the molecule is CN(C)c1ccc(C2=c3cc4c(cc3OC2=O)=C(c2ccccc2)C(=O)O4)cc1. The van der Waals surface area contributed by atoms with E-state index in [0.29, 0.717) is 33.1 Å². The Bertz CT molecular complexity index is 1290. The Labute approximate surface area is 167 Å². The predicted octanol–water partition coefficient (Wildman–Crippen LogP) is 1.99. The van der Waals surface area contributed by atoms with Crippen molar-refractivity contribution in [1.82, 2.24) is 0 Å². The van der Waals surface area contributed by atoms with Crippen LogP contribution in [0.25, 0.3) is 11.1 Å². The van der Waals surface area contributed by atoms with E-state index in [0.717, 1.165) is 16.8 Å². The van der Waals surface area contributed by atoms with Gasteiger partial charge in [0.1, 0.15) is 11.5 Å². The Morgan fingerprint density at radius 3 is 1.62 bits per heavy atom. The molecule has 5 rings (SSSR count). The number of carbonyl (C=O) groups excluding carboxylic acids is 2. The minimum atomic E-state index is -0.408. The molecule has 0 bridgehead atoms. The van der Waals surface area contributed by atoms with Crippen molar-refractivity contribution in [3.63, 3.8) is 0 Å². The van der Waals surface area contributed by atoms with Crippen molar-refractivity contribution in [3.8, 4) is 11.5 Å². The van der Waals surface area contributed by atoms with Crippen LogP contribution in [0.3, 0.4) is 0 Å². The number of esters is 2. The topological polar surface area (TPSA) is 55.8 Å². The van der Waals surface area contributed by atoms with Crippen LogP contribution in [0.1, 0.15) is 11.1 Å². The number of nitrogens with zero attached hydrogens (tertiary/aromatic N) is 1. The summed E-state index contributed by atoms with van der Waals surface area (Å²) >= 11 is 0. The number of fused-ring (bicyclic) bond motifs is 2. The Morgan fingerprint density at radius 1 is 0.655 bits per heavy atom. The van der Waals surface area contributed by atoms with Gasteiger partial charge in [-0.15, -0.1) is 0 Å². The first-order valence-corrected chi connectivity index (χ1v) is 9.23. The molecule has 2 heterocycles. The van der Waals surface area contributed by atoms with Gasteiger partial charge in [0.2, 0.25) is 0 Å². The zero-order valence-corrected chi connectivity index (χ0v) is 15.9. The average molecular weight is 383 g/mol. The summed E-state index contributed by atoms with van der Waals surface area (Å²) in [5.41, 5.74) is 3.51. The molecule has 0 radical (unpaired) electrons. The molecule has 5 heteroatoms. The molecule has 3 aromatic carbocycles. The smallest absolute Gasteiger partial charge is 0.344 e. The normalized spacial score (nSPS) is 14.4. The first-order valence-electron chi connectivity index (χ1n) is 9.23. The molecule has 0 unspecified atom stereocenters. The number of hydrogen-bond acceptors (Lipinski definition) is 5. The molecule has 0 amide bonds. The number of anilines is 1. The molecule has 0 aromatic heterocycles. The molecule has 0 saturated heterocycles. The van der Waals surface area contributed by atoms with E-state index in [2.05, 4.69) is 0 Å². The molecule has 0 atom stereocenters. The summed E-state index contributed by atoms with van der Waals surface area (Å²) in [7, 11) is 3.92. The van der Waals surface area contributed by atoms with Gasteiger partial charge < -0.3 is 14.4 Å². The van der Waals surface area contributed by atoms with E-state index in [1.165, 1.54) is 0 Å². The summed E-state index contributed by atoms with van der Waals surface area (Å²) in [5.74, 6) is 0.0624. The Kier molecular flexibility index (Phi) is 3.77. The third-order valence-electron chi connectivity index (χ3n) is 5.17. The van der Waals surface area contributed by atoms with Gasteiger partial charge in [-0.1, -0.05) is 42.5 Å². The molecular formula is C24H17NO4. The van der Waals surface area contributed by atoms with Gasteiger partial charge in [-0.05, 0) is 35.4 Å². The molecule has 5 nitrogen and oxygen atoms in total. The first-order chi connectivity index (χ1) is 14.0. The molecule has 0 N–H and O–H groups in total. The van der Waals surface area contributed by atoms with Gasteiger partial charge in [-0.3, -0.25) is 0 Å². The lowest BCUT2D eigenvalue weighted by Gasteiger charge is -2.12. The number of ether oxygens (including phenoxy) is 2. The largest absolute Gasteiger partial charge is 0.422 e. The number of rotatable bonds is 3. The summed E-state index contributed by atoms with van der Waals surface area (Å²) < 4.78 is 11.0. The molecule has 29 heavy (non-hydrogen) atoms. The van der Waals surface area contributed by atoms with Crippen molar-refractivity contribution in [2.75, 3.05) is 19.0 Å². The molecule has 0 saturated carbocycles. The second-order valence-corrected chi connectivity index (χ2v) is 7.18. The fourth-order valence-electron chi connectivity index (χ4n) is 3.72. The van der Waals surface area contributed by atoms with Gasteiger partial charge in [0.25, 0.3) is 0 Å². The molecule has 0 spiro atoms.